The van der Waals surface area contributed by atoms with Gasteiger partial charge in [-0.15, -0.1) is 25.5 Å². The minimum atomic E-state index is -0.0513. The number of benzene rings is 6. The van der Waals surface area contributed by atoms with Crippen LogP contribution in [0.5, 0.6) is 0 Å². The number of nitrogens with zero attached hydrogens (tertiary/aromatic N) is 23. The number of piperazine rings is 1. The quantitative estimate of drug-likeness (QED) is 0.0164. The molecule has 16 aromatic rings. The third-order valence-corrected chi connectivity index (χ3v) is 19.9. The maximum absolute atomic E-state index is 11.5. The van der Waals surface area contributed by atoms with E-state index < -0.39 is 0 Å². The van der Waals surface area contributed by atoms with Gasteiger partial charge < -0.3 is 88.7 Å². The second kappa shape index (κ2) is 48.2. The zero-order valence-corrected chi connectivity index (χ0v) is 73.2. The minimum Gasteiger partial charge on any atom is -0.395 e. The lowest BCUT2D eigenvalue weighted by Crippen LogP contribution is -2.52. The van der Waals surface area contributed by atoms with E-state index in [2.05, 4.69) is 193 Å². The number of aliphatic hydroxyl groups excluding tert-OH is 2. The van der Waals surface area contributed by atoms with Crippen molar-refractivity contribution >= 4 is 105 Å². The number of carbonyl (C=O) groups excluding carboxylic acids is 2. The summed E-state index contributed by atoms with van der Waals surface area (Å²) in [6, 6.07) is 77.1. The molecule has 1 atom stereocenters. The van der Waals surface area contributed by atoms with Gasteiger partial charge in [0.25, 0.3) is 0 Å². The van der Waals surface area contributed by atoms with Crippen molar-refractivity contribution in [1.82, 2.24) is 120 Å². The van der Waals surface area contributed by atoms with E-state index in [1.54, 1.807) is 84.7 Å². The highest BCUT2D eigenvalue weighted by molar-refractivity contribution is 5.76. The van der Waals surface area contributed by atoms with Gasteiger partial charge in [0.15, 0.2) is 0 Å². The van der Waals surface area contributed by atoms with Crippen LogP contribution in [0, 0.1) is 6.92 Å². The van der Waals surface area contributed by atoms with Crippen LogP contribution in [0.1, 0.15) is 25.8 Å². The Bertz CT molecular complexity index is 6170. The average molecular weight is 1780 g/mol. The number of aromatic nitrogens is 20. The second-order valence-corrected chi connectivity index (χ2v) is 29.8. The molecule has 6 aromatic carbocycles. The molecule has 676 valence electrons. The van der Waals surface area contributed by atoms with Gasteiger partial charge in [0, 0.05) is 187 Å². The van der Waals surface area contributed by atoms with E-state index in [1.807, 2.05) is 212 Å². The molecule has 0 aliphatic carbocycles. The standard InChI is InChI=1S/C25H27N7.C18H20N8O.C18H23N7O.C17H19N7O.C15H16N6O/c1-19-7-6-10-22(15-19)31-14-13-30(17-20(31)2)24-16-23(11-12-26-24)32-18-27-25(29-32)28-21-8-4-3-5-9-21;27-18-21-9-11-25(18)10-8-20-16-12-15(6-7-19-16)26-13-22-17(24-26)23-14-4-2-1-3-5-14;26-12-11-19-8-4-9-20-17-13-16(7-10-21-17)25-14-22-18(24-25)23-15-5-2-1-3-6-15;1-13(25)18-9-10-20-16-11-15(7-8-19-16)24-12-21-17(23-24)22-14-5-3-2-4-6-14;22-9-8-17-14-10-13(6-7-16-14)21-11-18-15(20-21)19-12-4-2-1-3-5-12/h3-12,15-16,18,20H,13-14,17H2,1-2H3,(H,28,29);1-7,12-13H,8-11H2,(H,19,20)(H,21,27)(H,23,24);1-3,5-7,10,13-14,19,26H,4,8-9,11-12H2,(H,20,21)(H,23,24);2-8,11-12H,9-10H2,1H3,(H,18,25)(H,19,20)(H,22,23);1-7,10-11,22H,8-9H2,(H,16,17)(H,19,20). The molecule has 0 spiro atoms. The third-order valence-electron chi connectivity index (χ3n) is 19.9. The van der Waals surface area contributed by atoms with Gasteiger partial charge in [-0.05, 0) is 136 Å². The number of hydrogen-bond acceptors (Lipinski definition) is 31. The number of para-hydroxylation sites is 5. The molecule has 0 bridgehead atoms. The zero-order valence-electron chi connectivity index (χ0n) is 73.2. The maximum Gasteiger partial charge on any atom is 0.317 e. The van der Waals surface area contributed by atoms with Crippen LogP contribution in [-0.4, -0.2) is 230 Å². The van der Waals surface area contributed by atoms with E-state index in [4.69, 9.17) is 10.2 Å². The topological polar surface area (TPSA) is 447 Å². The Morgan fingerprint density at radius 1 is 0.386 bits per heavy atom. The summed E-state index contributed by atoms with van der Waals surface area (Å²) < 4.78 is 8.51. The molecular formula is C93H105N35O4. The van der Waals surface area contributed by atoms with Crippen LogP contribution in [-0.2, 0) is 4.79 Å². The monoisotopic (exact) mass is 1780 g/mol. The third kappa shape index (κ3) is 28.3. The Morgan fingerprint density at radius 2 is 0.765 bits per heavy atom. The smallest absolute Gasteiger partial charge is 0.317 e. The number of carbonyl (C=O) groups is 2. The Hall–Kier alpha value is -16.8. The predicted molar refractivity (Wildman–Crippen MR) is 514 cm³/mol. The van der Waals surface area contributed by atoms with Gasteiger partial charge in [-0.3, -0.25) is 4.79 Å². The van der Waals surface area contributed by atoms with Crippen molar-refractivity contribution in [2.24, 2.45) is 0 Å². The molecule has 39 nitrogen and oxygen atoms in total. The van der Waals surface area contributed by atoms with Crippen LogP contribution in [0.2, 0.25) is 0 Å². The molecule has 14 N–H and O–H groups in total. The summed E-state index contributed by atoms with van der Waals surface area (Å²) in [6.07, 6.45) is 17.9. The molecule has 12 heterocycles. The molecule has 0 radical (unpaired) electrons. The molecular weight excluding hydrogens is 1670 g/mol. The lowest BCUT2D eigenvalue weighted by atomic mass is 10.1. The lowest BCUT2D eigenvalue weighted by Gasteiger charge is -2.42. The number of urea groups is 1. The number of aliphatic hydroxyl groups is 2. The van der Waals surface area contributed by atoms with E-state index in [0.717, 1.165) is 120 Å². The van der Waals surface area contributed by atoms with Crippen LogP contribution >= 0.6 is 0 Å². The summed E-state index contributed by atoms with van der Waals surface area (Å²) in [7, 11) is 0. The van der Waals surface area contributed by atoms with Gasteiger partial charge in [-0.1, -0.05) is 103 Å². The van der Waals surface area contributed by atoms with Crippen LogP contribution in [0.4, 0.5) is 97.7 Å². The highest BCUT2D eigenvalue weighted by atomic mass is 16.3. The molecule has 18 rings (SSSR count). The first-order chi connectivity index (χ1) is 64.8. The van der Waals surface area contributed by atoms with Gasteiger partial charge in [-0.2, -0.15) is 24.9 Å². The summed E-state index contributed by atoms with van der Waals surface area (Å²) in [5.41, 5.74) is 11.6. The maximum atomic E-state index is 11.5. The Labute approximate surface area is 762 Å². The number of hydrogen-bond donors (Lipinski definition) is 14. The number of aryl methyl sites for hydroxylation is 1. The molecule has 3 amide bonds. The fraction of sp³-hybridized carbons (Fsp3) is 0.215. The summed E-state index contributed by atoms with van der Waals surface area (Å²) in [6.45, 7) is 15.5. The van der Waals surface area contributed by atoms with Crippen molar-refractivity contribution < 1.29 is 19.8 Å². The molecule has 2 aliphatic heterocycles. The molecule has 2 fully saturated rings. The van der Waals surface area contributed by atoms with Crippen LogP contribution in [0.3, 0.4) is 0 Å². The average Bonchev–Trinajstić information content (AvgIpc) is 1.30. The van der Waals surface area contributed by atoms with Crippen LogP contribution in [0.15, 0.2) is 299 Å². The molecule has 132 heavy (non-hydrogen) atoms. The second-order valence-electron chi connectivity index (χ2n) is 29.8. The highest BCUT2D eigenvalue weighted by Gasteiger charge is 2.26. The molecule has 0 saturated carbocycles. The number of nitrogens with one attached hydrogen (secondary N) is 12. The van der Waals surface area contributed by atoms with Crippen LogP contribution < -0.4 is 73.6 Å². The van der Waals surface area contributed by atoms with Gasteiger partial charge in [0.1, 0.15) is 60.7 Å². The van der Waals surface area contributed by atoms with E-state index in [1.165, 1.54) is 18.2 Å². The lowest BCUT2D eigenvalue weighted by molar-refractivity contribution is -0.118. The first-order valence-corrected chi connectivity index (χ1v) is 43.1. The van der Waals surface area contributed by atoms with Crippen LogP contribution in [0.25, 0.3) is 28.4 Å². The number of rotatable bonds is 35. The van der Waals surface area contributed by atoms with E-state index in [-0.39, 0.29) is 25.2 Å². The first-order valence-electron chi connectivity index (χ1n) is 43.1. The highest BCUT2D eigenvalue weighted by Crippen LogP contribution is 2.27. The van der Waals surface area contributed by atoms with E-state index in [0.29, 0.717) is 93.2 Å². The molecule has 10 aromatic heterocycles. The van der Waals surface area contributed by atoms with E-state index in [9.17, 15) is 9.59 Å². The Balaban J connectivity index is 0.000000133. The van der Waals surface area contributed by atoms with Crippen molar-refractivity contribution in [3.05, 3.63) is 305 Å². The number of amides is 3. The Kier molecular flexibility index (Phi) is 33.4. The van der Waals surface area contributed by atoms with E-state index >= 15 is 0 Å². The van der Waals surface area contributed by atoms with Gasteiger partial charge in [0.2, 0.25) is 35.6 Å². The fourth-order valence-electron chi connectivity index (χ4n) is 13.5. The van der Waals surface area contributed by atoms with Crippen molar-refractivity contribution in [3.8, 4) is 28.4 Å². The normalized spacial score (nSPS) is 12.5. The molecule has 2 aliphatic rings. The first kappa shape index (κ1) is 91.4. The van der Waals surface area contributed by atoms with Gasteiger partial charge in [0.05, 0.1) is 41.7 Å². The largest absolute Gasteiger partial charge is 0.395 e. The Morgan fingerprint density at radius 3 is 1.14 bits per heavy atom. The SMILES string of the molecule is CC(=O)NCCNc1cc(-n2cnc(Nc3ccccc3)n2)ccn1.Cc1cccc(N2CCN(c3cc(-n4cnc(Nc5ccccc5)n4)ccn3)CC2C)c1.O=C1NCCN1CCNc1cc(-n2cnc(Nc3ccccc3)n2)ccn1.OCCNCCCNc1cc(-n2cnc(Nc3ccccc3)n2)ccn1.OCCNc1cc(-n2cnc(Nc3ccccc3)n2)ccn1. The summed E-state index contributed by atoms with van der Waals surface area (Å²) in [5.74, 6) is 6.47. The predicted octanol–water partition coefficient (Wildman–Crippen LogP) is 11.8. The van der Waals surface area contributed by atoms with Gasteiger partial charge >= 0.3 is 6.03 Å². The fourth-order valence-corrected chi connectivity index (χ4v) is 13.5. The van der Waals surface area contributed by atoms with Crippen molar-refractivity contribution in [3.63, 3.8) is 0 Å². The minimum absolute atomic E-state index is 0.0143. The number of pyridine rings is 5. The molecule has 2 saturated heterocycles. The molecule has 1 unspecified atom stereocenters. The van der Waals surface area contributed by atoms with Gasteiger partial charge in [-0.25, -0.2) is 53.1 Å². The van der Waals surface area contributed by atoms with Crippen molar-refractivity contribution in [2.75, 3.05) is 156 Å². The molecule has 39 heteroatoms. The number of anilines is 16. The summed E-state index contributed by atoms with van der Waals surface area (Å²) in [5, 5.41) is 77.0. The summed E-state index contributed by atoms with van der Waals surface area (Å²) >= 11 is 0. The summed E-state index contributed by atoms with van der Waals surface area (Å²) in [4.78, 5) is 72.2. The zero-order chi connectivity index (χ0) is 91.1. The van der Waals surface area contributed by atoms with Crippen molar-refractivity contribution in [2.45, 2.75) is 33.2 Å². The van der Waals surface area contributed by atoms with Crippen molar-refractivity contribution in [1.29, 1.82) is 0 Å².